The summed E-state index contributed by atoms with van der Waals surface area (Å²) in [5.41, 5.74) is 5.59. The molecule has 0 saturated carbocycles. The molecule has 0 radical (unpaired) electrons. The van der Waals surface area contributed by atoms with E-state index in [-0.39, 0.29) is 30.7 Å². The molecule has 132 valence electrons. The maximum Gasteiger partial charge on any atom is 0.242 e. The third-order valence-electron chi connectivity index (χ3n) is 4.28. The molecule has 3 heterocycles. The van der Waals surface area contributed by atoms with E-state index in [1.54, 1.807) is 11.3 Å². The fraction of sp³-hybridized carbons (Fsp3) is 0.714. The molecule has 9 heteroatoms. The van der Waals surface area contributed by atoms with Gasteiger partial charge in [0, 0.05) is 51.0 Å². The number of carbonyl (C=O) groups excluding carboxylic acids is 1. The second kappa shape index (κ2) is 9.03. The summed E-state index contributed by atoms with van der Waals surface area (Å²) in [6.07, 6.45) is 4.03. The number of halogens is 2. The first kappa shape index (κ1) is 20.4. The van der Waals surface area contributed by atoms with Gasteiger partial charge in [-0.1, -0.05) is 0 Å². The standard InChI is InChI=1S/C14H22N4O2S.2ClH/c15-14(2-9-20-10-3-14)12(19)17-5-1-6-18(8-7-17)13-16-4-11-21-13;;/h4,11H,1-3,5-10,15H2;2*1H. The molecule has 1 aromatic rings. The van der Waals surface area contributed by atoms with Gasteiger partial charge < -0.3 is 20.3 Å². The average molecular weight is 383 g/mol. The molecule has 1 amide bonds. The molecular formula is C14H24Cl2N4O2S. The van der Waals surface area contributed by atoms with Crippen molar-refractivity contribution in [3.8, 4) is 0 Å². The van der Waals surface area contributed by atoms with E-state index in [2.05, 4.69) is 9.88 Å². The van der Waals surface area contributed by atoms with E-state index in [1.807, 2.05) is 16.5 Å². The van der Waals surface area contributed by atoms with Crippen LogP contribution < -0.4 is 10.6 Å². The fourth-order valence-electron chi connectivity index (χ4n) is 2.95. The van der Waals surface area contributed by atoms with Crippen LogP contribution in [0.5, 0.6) is 0 Å². The predicted octanol–water partition coefficient (Wildman–Crippen LogP) is 1.53. The van der Waals surface area contributed by atoms with Gasteiger partial charge in [0.2, 0.25) is 5.91 Å². The molecule has 23 heavy (non-hydrogen) atoms. The lowest BCUT2D eigenvalue weighted by Crippen LogP contribution is -2.58. The van der Waals surface area contributed by atoms with E-state index in [1.165, 1.54) is 0 Å². The lowest BCUT2D eigenvalue weighted by Gasteiger charge is -2.36. The van der Waals surface area contributed by atoms with Crippen molar-refractivity contribution in [2.24, 2.45) is 5.73 Å². The molecule has 0 spiro atoms. The van der Waals surface area contributed by atoms with Crippen LogP contribution in [0.4, 0.5) is 5.13 Å². The van der Waals surface area contributed by atoms with Crippen LogP contribution in [0, 0.1) is 0 Å². The van der Waals surface area contributed by atoms with Gasteiger partial charge in [0.1, 0.15) is 0 Å². The van der Waals surface area contributed by atoms with E-state index >= 15 is 0 Å². The van der Waals surface area contributed by atoms with E-state index < -0.39 is 5.54 Å². The molecule has 6 nitrogen and oxygen atoms in total. The number of nitrogens with two attached hydrogens (primary N) is 1. The molecule has 0 unspecified atom stereocenters. The maximum absolute atomic E-state index is 12.7. The van der Waals surface area contributed by atoms with Crippen LogP contribution >= 0.6 is 36.2 Å². The van der Waals surface area contributed by atoms with Crippen LogP contribution in [0.2, 0.25) is 0 Å². The van der Waals surface area contributed by atoms with Crippen molar-refractivity contribution in [3.05, 3.63) is 11.6 Å². The molecule has 2 saturated heterocycles. The van der Waals surface area contributed by atoms with Crippen LogP contribution in [0.3, 0.4) is 0 Å². The van der Waals surface area contributed by atoms with Crippen molar-refractivity contribution < 1.29 is 9.53 Å². The molecule has 0 atom stereocenters. The summed E-state index contributed by atoms with van der Waals surface area (Å²) in [5.74, 6) is 0.0896. The molecule has 0 bridgehead atoms. The molecule has 2 aliphatic heterocycles. The van der Waals surface area contributed by atoms with Crippen LogP contribution in [0.25, 0.3) is 0 Å². The lowest BCUT2D eigenvalue weighted by molar-refractivity contribution is -0.140. The summed E-state index contributed by atoms with van der Waals surface area (Å²) < 4.78 is 5.33. The van der Waals surface area contributed by atoms with Crippen LogP contribution in [0.1, 0.15) is 19.3 Å². The smallest absolute Gasteiger partial charge is 0.242 e. The lowest BCUT2D eigenvalue weighted by atomic mass is 9.89. The number of anilines is 1. The van der Waals surface area contributed by atoms with Gasteiger partial charge in [0.25, 0.3) is 0 Å². The number of nitrogens with zero attached hydrogens (tertiary/aromatic N) is 3. The summed E-state index contributed by atoms with van der Waals surface area (Å²) in [7, 11) is 0. The molecular weight excluding hydrogens is 359 g/mol. The van der Waals surface area contributed by atoms with Crippen LogP contribution in [-0.4, -0.2) is 60.7 Å². The Morgan fingerprint density at radius 3 is 2.61 bits per heavy atom. The summed E-state index contributed by atoms with van der Waals surface area (Å²) in [4.78, 5) is 21.3. The summed E-state index contributed by atoms with van der Waals surface area (Å²) in [6, 6.07) is 0. The highest BCUT2D eigenvalue weighted by Crippen LogP contribution is 2.23. The molecule has 2 N–H and O–H groups in total. The second-order valence-electron chi connectivity index (χ2n) is 5.72. The zero-order valence-corrected chi connectivity index (χ0v) is 15.4. The van der Waals surface area contributed by atoms with E-state index in [0.29, 0.717) is 26.1 Å². The molecule has 1 aromatic heterocycles. The minimum absolute atomic E-state index is 0. The number of aromatic nitrogens is 1. The van der Waals surface area contributed by atoms with Gasteiger partial charge in [-0.2, -0.15) is 0 Å². The predicted molar refractivity (Wildman–Crippen MR) is 97.0 cm³/mol. The fourth-order valence-corrected chi connectivity index (χ4v) is 3.65. The van der Waals surface area contributed by atoms with Crippen LogP contribution in [0.15, 0.2) is 11.6 Å². The first-order valence-corrected chi connectivity index (χ1v) is 8.37. The van der Waals surface area contributed by atoms with E-state index in [0.717, 1.165) is 37.7 Å². The van der Waals surface area contributed by atoms with Gasteiger partial charge in [0.15, 0.2) is 5.13 Å². The van der Waals surface area contributed by atoms with Gasteiger partial charge in [-0.3, -0.25) is 4.79 Å². The van der Waals surface area contributed by atoms with E-state index in [9.17, 15) is 4.79 Å². The number of amides is 1. The number of thiazole rings is 1. The third-order valence-corrected chi connectivity index (χ3v) is 5.12. The Morgan fingerprint density at radius 2 is 1.96 bits per heavy atom. The highest BCUT2D eigenvalue weighted by molar-refractivity contribution is 7.13. The topological polar surface area (TPSA) is 71.7 Å². The van der Waals surface area contributed by atoms with Gasteiger partial charge in [-0.15, -0.1) is 36.2 Å². The second-order valence-corrected chi connectivity index (χ2v) is 6.59. The van der Waals surface area contributed by atoms with Crippen molar-refractivity contribution in [1.82, 2.24) is 9.88 Å². The summed E-state index contributed by atoms with van der Waals surface area (Å²) >= 11 is 1.65. The number of rotatable bonds is 2. The first-order valence-electron chi connectivity index (χ1n) is 7.49. The third kappa shape index (κ3) is 4.70. The molecule has 0 aliphatic carbocycles. The number of ether oxygens (including phenoxy) is 1. The van der Waals surface area contributed by atoms with Crippen molar-refractivity contribution in [2.45, 2.75) is 24.8 Å². The summed E-state index contributed by atoms with van der Waals surface area (Å²) in [6.45, 7) is 4.44. The number of hydrogen-bond donors (Lipinski definition) is 1. The van der Waals surface area contributed by atoms with Gasteiger partial charge in [-0.25, -0.2) is 4.98 Å². The van der Waals surface area contributed by atoms with E-state index in [4.69, 9.17) is 10.5 Å². The minimum Gasteiger partial charge on any atom is -0.381 e. The minimum atomic E-state index is -0.728. The highest BCUT2D eigenvalue weighted by Gasteiger charge is 2.39. The van der Waals surface area contributed by atoms with Gasteiger partial charge in [-0.05, 0) is 19.3 Å². The largest absolute Gasteiger partial charge is 0.381 e. The molecule has 3 rings (SSSR count). The molecule has 2 aliphatic rings. The Bertz CT molecular complexity index is 483. The van der Waals surface area contributed by atoms with Crippen molar-refractivity contribution in [1.29, 1.82) is 0 Å². The zero-order valence-electron chi connectivity index (χ0n) is 13.0. The SMILES string of the molecule is Cl.Cl.NC1(C(=O)N2CCCN(c3nccs3)CC2)CCOCC1. The quantitative estimate of drug-likeness (QED) is 0.839. The monoisotopic (exact) mass is 382 g/mol. The summed E-state index contributed by atoms with van der Waals surface area (Å²) in [5, 5.41) is 3.03. The van der Waals surface area contributed by atoms with Crippen molar-refractivity contribution in [3.63, 3.8) is 0 Å². The Kier molecular flexibility index (Phi) is 8.03. The number of hydrogen-bond acceptors (Lipinski definition) is 6. The normalized spacial score (nSPS) is 20.9. The maximum atomic E-state index is 12.7. The molecule has 2 fully saturated rings. The van der Waals surface area contributed by atoms with Crippen molar-refractivity contribution >= 4 is 47.2 Å². The molecule has 0 aromatic carbocycles. The average Bonchev–Trinajstić information content (AvgIpc) is 2.92. The highest BCUT2D eigenvalue weighted by atomic mass is 35.5. The zero-order chi connectivity index (χ0) is 14.7. The van der Waals surface area contributed by atoms with Gasteiger partial charge >= 0.3 is 0 Å². The van der Waals surface area contributed by atoms with Crippen LogP contribution in [-0.2, 0) is 9.53 Å². The Labute approximate surface area is 153 Å². The first-order chi connectivity index (χ1) is 10.2. The Morgan fingerprint density at radius 1 is 1.22 bits per heavy atom. The van der Waals surface area contributed by atoms with Crippen molar-refractivity contribution in [2.75, 3.05) is 44.3 Å². The van der Waals surface area contributed by atoms with Gasteiger partial charge in [0.05, 0.1) is 5.54 Å². The Balaban J connectivity index is 0.00000132. The Hall–Kier alpha value is -0.600. The number of carbonyl (C=O) groups is 1.